The monoisotopic (exact) mass is 688 g/mol. The zero-order valence-electron chi connectivity index (χ0n) is 30.7. The number of hydrogen-bond donors (Lipinski definition) is 0. The fourth-order valence-corrected chi connectivity index (χ4v) is 9.53. The minimum absolute atomic E-state index is 0.0379. The molecule has 3 saturated heterocycles. The summed E-state index contributed by atoms with van der Waals surface area (Å²) >= 11 is 0. The van der Waals surface area contributed by atoms with E-state index in [0.717, 1.165) is 6.42 Å². The summed E-state index contributed by atoms with van der Waals surface area (Å²) in [4.78, 5) is 42.2. The molecule has 50 heavy (non-hydrogen) atoms. The van der Waals surface area contributed by atoms with E-state index in [-0.39, 0.29) is 47.3 Å². The van der Waals surface area contributed by atoms with Crippen LogP contribution in [0.4, 0.5) is 0 Å². The van der Waals surface area contributed by atoms with Crippen molar-refractivity contribution in [2.75, 3.05) is 14.2 Å². The average molecular weight is 689 g/mol. The van der Waals surface area contributed by atoms with Crippen LogP contribution < -0.4 is 14.2 Å². The second kappa shape index (κ2) is 10.3. The molecule has 10 nitrogen and oxygen atoms in total. The van der Waals surface area contributed by atoms with Crippen molar-refractivity contribution in [3.63, 3.8) is 0 Å². The standard InChI is InChI=1S/C40H48O10/c1-20(34(43)45-10)11-16-39-33(42)21-17-24-29(41)28-31(44-9)22-12-14-38(8,15-13-26-36(4,5)46-26)48-30(22)23(19-27-37(6,7)47-27)32(28)49-40(24,39)25(18-21)35(2,3)50-39/h11-12,14,17,21,25-27H,13,15-16,18-19H2,1-10H3/b20-11-/t21-,25-,26?,27?,38-,39-,40+/m0/s1. The van der Waals surface area contributed by atoms with Crippen molar-refractivity contribution < 1.29 is 47.5 Å². The summed E-state index contributed by atoms with van der Waals surface area (Å²) in [6, 6.07) is 0. The van der Waals surface area contributed by atoms with Gasteiger partial charge in [-0.1, -0.05) is 12.2 Å². The molecule has 4 bridgehead atoms. The third kappa shape index (κ3) is 4.46. The van der Waals surface area contributed by atoms with Gasteiger partial charge in [0.25, 0.3) is 0 Å². The molecule has 8 aliphatic rings. The second-order valence-electron chi connectivity index (χ2n) is 17.0. The van der Waals surface area contributed by atoms with E-state index in [1.807, 2.05) is 39.8 Å². The highest BCUT2D eigenvalue weighted by Gasteiger charge is 2.81. The molecule has 0 radical (unpaired) electrons. The van der Waals surface area contributed by atoms with Crippen molar-refractivity contribution in [1.29, 1.82) is 0 Å². The minimum Gasteiger partial charge on any atom is -0.495 e. The molecule has 7 atom stereocenters. The lowest BCUT2D eigenvalue weighted by Crippen LogP contribution is -2.72. The van der Waals surface area contributed by atoms with Gasteiger partial charge in [-0.25, -0.2) is 4.79 Å². The van der Waals surface area contributed by atoms with E-state index in [1.165, 1.54) is 7.11 Å². The summed E-state index contributed by atoms with van der Waals surface area (Å²) in [7, 11) is 2.87. The largest absolute Gasteiger partial charge is 0.495 e. The smallest absolute Gasteiger partial charge is 0.333 e. The van der Waals surface area contributed by atoms with E-state index >= 15 is 4.79 Å². The third-order valence-corrected chi connectivity index (χ3v) is 12.6. The normalized spacial score (nSPS) is 37.2. The number of benzene rings is 1. The zero-order valence-corrected chi connectivity index (χ0v) is 30.7. The van der Waals surface area contributed by atoms with Gasteiger partial charge in [0.15, 0.2) is 22.8 Å². The van der Waals surface area contributed by atoms with Gasteiger partial charge in [0.2, 0.25) is 0 Å². The number of fused-ring (bicyclic) bond motifs is 2. The number of ether oxygens (including phenoxy) is 7. The Bertz CT molecular complexity index is 1850. The predicted molar refractivity (Wildman–Crippen MR) is 183 cm³/mol. The van der Waals surface area contributed by atoms with Crippen LogP contribution in [0.5, 0.6) is 17.2 Å². The highest BCUT2D eigenvalue weighted by molar-refractivity contribution is 6.19. The van der Waals surface area contributed by atoms with Gasteiger partial charge in [-0.15, -0.1) is 0 Å². The van der Waals surface area contributed by atoms with E-state index in [4.69, 9.17) is 33.2 Å². The Morgan fingerprint density at radius 2 is 1.64 bits per heavy atom. The fraction of sp³-hybridized carbons (Fsp3) is 0.625. The number of esters is 1. The van der Waals surface area contributed by atoms with Crippen molar-refractivity contribution in [2.24, 2.45) is 11.8 Å². The lowest BCUT2D eigenvalue weighted by molar-refractivity contribution is -0.171. The quantitative estimate of drug-likeness (QED) is 0.172. The molecule has 9 rings (SSSR count). The van der Waals surface area contributed by atoms with Crippen LogP contribution in [0.1, 0.15) is 103 Å². The molecule has 1 aromatic rings. The average Bonchev–Trinajstić information content (AvgIpc) is 3.88. The first kappa shape index (κ1) is 33.7. The summed E-state index contributed by atoms with van der Waals surface area (Å²) in [6.07, 6.45) is 10.0. The SMILES string of the molecule is COC(=O)/C(C)=C\C[C@@]12OC(C)(C)[C@@H]3C[C@H](C=C4C(=O)c5c(OC)c6c(c(CC7OC7(C)C)c5O[C@]431)O[C@](C)(CCC1OC1(C)C)C=C6)C2=O. The number of rotatable bonds is 9. The Morgan fingerprint density at radius 3 is 2.26 bits per heavy atom. The molecule has 1 aromatic carbocycles. The highest BCUT2D eigenvalue weighted by atomic mass is 16.6. The lowest BCUT2D eigenvalue weighted by atomic mass is 9.51. The van der Waals surface area contributed by atoms with Crippen LogP contribution in [0.2, 0.25) is 0 Å². The van der Waals surface area contributed by atoms with Gasteiger partial charge in [0.1, 0.15) is 28.4 Å². The van der Waals surface area contributed by atoms with Crippen LogP contribution in [0.15, 0.2) is 29.4 Å². The Hall–Kier alpha value is -3.47. The van der Waals surface area contributed by atoms with Gasteiger partial charge >= 0.3 is 5.97 Å². The highest BCUT2D eigenvalue weighted by Crippen LogP contribution is 2.69. The summed E-state index contributed by atoms with van der Waals surface area (Å²) in [5, 5.41) is 0. The minimum atomic E-state index is -1.56. The molecule has 0 N–H and O–H groups in total. The molecule has 0 amide bonds. The number of allylic oxidation sites excluding steroid dienone is 1. The van der Waals surface area contributed by atoms with Crippen LogP contribution in [0, 0.1) is 11.8 Å². The van der Waals surface area contributed by atoms with Crippen LogP contribution in [-0.2, 0) is 35.0 Å². The summed E-state index contributed by atoms with van der Waals surface area (Å²) in [5.74, 6) is -0.470. The number of carbonyl (C=O) groups is 3. The molecule has 3 aliphatic carbocycles. The van der Waals surface area contributed by atoms with Gasteiger partial charge in [-0.3, -0.25) is 9.59 Å². The molecule has 0 aromatic heterocycles. The zero-order chi connectivity index (χ0) is 36.0. The Kier molecular flexibility index (Phi) is 6.95. The van der Waals surface area contributed by atoms with Gasteiger partial charge < -0.3 is 33.2 Å². The second-order valence-corrected chi connectivity index (χ2v) is 17.0. The number of Topliss-reactive ketones (excluding diaryl/α,β-unsaturated/α-hetero) is 2. The van der Waals surface area contributed by atoms with Gasteiger partial charge in [0.05, 0.1) is 48.8 Å². The first-order valence-electron chi connectivity index (χ1n) is 17.8. The van der Waals surface area contributed by atoms with Crippen molar-refractivity contribution in [3.05, 3.63) is 46.1 Å². The van der Waals surface area contributed by atoms with Crippen molar-refractivity contribution >= 4 is 23.6 Å². The topological polar surface area (TPSA) is 122 Å². The van der Waals surface area contributed by atoms with Crippen LogP contribution in [0.25, 0.3) is 6.08 Å². The fourth-order valence-electron chi connectivity index (χ4n) is 9.53. The van der Waals surface area contributed by atoms with E-state index < -0.39 is 34.3 Å². The number of carbonyl (C=O) groups excluding carboxylic acids is 3. The lowest BCUT2D eigenvalue weighted by Gasteiger charge is -2.56. The summed E-state index contributed by atoms with van der Waals surface area (Å²) in [6.45, 7) is 15.9. The third-order valence-electron chi connectivity index (χ3n) is 12.6. The number of methoxy groups -OCH3 is 2. The Balaban J connectivity index is 1.31. The van der Waals surface area contributed by atoms with E-state index in [2.05, 4.69) is 20.8 Å². The van der Waals surface area contributed by atoms with E-state index in [1.54, 1.807) is 26.2 Å². The molecular weight excluding hydrogens is 640 g/mol. The predicted octanol–water partition coefficient (Wildman–Crippen LogP) is 6.05. The maximum Gasteiger partial charge on any atom is 0.333 e. The molecule has 5 heterocycles. The maximum absolute atomic E-state index is 15.1. The van der Waals surface area contributed by atoms with E-state index in [0.29, 0.717) is 64.3 Å². The van der Waals surface area contributed by atoms with Crippen LogP contribution >= 0.6 is 0 Å². The van der Waals surface area contributed by atoms with Crippen molar-refractivity contribution in [2.45, 2.75) is 133 Å². The number of ketones is 2. The summed E-state index contributed by atoms with van der Waals surface area (Å²) in [5.41, 5.74) is -2.55. The molecule has 5 aliphatic heterocycles. The molecule has 4 fully saturated rings. The van der Waals surface area contributed by atoms with Gasteiger partial charge in [-0.05, 0) is 86.8 Å². The Labute approximate surface area is 293 Å². The molecule has 1 saturated carbocycles. The van der Waals surface area contributed by atoms with Crippen molar-refractivity contribution in [3.8, 4) is 17.2 Å². The molecule has 2 unspecified atom stereocenters. The number of hydrogen-bond acceptors (Lipinski definition) is 10. The summed E-state index contributed by atoms with van der Waals surface area (Å²) < 4.78 is 44.3. The Morgan fingerprint density at radius 1 is 0.960 bits per heavy atom. The van der Waals surface area contributed by atoms with E-state index in [9.17, 15) is 9.59 Å². The molecular formula is C40H48O10. The molecule has 268 valence electrons. The molecule has 1 spiro atoms. The van der Waals surface area contributed by atoms with Gasteiger partial charge in [-0.2, -0.15) is 0 Å². The first-order chi connectivity index (χ1) is 23.3. The van der Waals surface area contributed by atoms with Gasteiger partial charge in [0, 0.05) is 41.4 Å². The maximum atomic E-state index is 15.1. The van der Waals surface area contributed by atoms with Crippen molar-refractivity contribution in [1.82, 2.24) is 0 Å². The van der Waals surface area contributed by atoms with Crippen LogP contribution in [-0.4, -0.2) is 77.6 Å². The first-order valence-corrected chi connectivity index (χ1v) is 17.8. The van der Waals surface area contributed by atoms with Crippen LogP contribution in [0.3, 0.4) is 0 Å². The number of epoxide rings is 2. The molecule has 10 heteroatoms.